The van der Waals surface area contributed by atoms with E-state index in [9.17, 15) is 17.6 Å². The molecule has 0 aromatic heterocycles. The Morgan fingerprint density at radius 2 is 1.75 bits per heavy atom. The molecule has 0 aliphatic carbocycles. The average Bonchev–Trinajstić information content (AvgIpc) is 2.64. The highest BCUT2D eigenvalue weighted by Gasteiger charge is 2.18. The highest BCUT2D eigenvalue weighted by Crippen LogP contribution is 2.22. The molecular weight excluding hydrogens is 381 g/mol. The first kappa shape index (κ1) is 20.1. The maximum Gasteiger partial charge on any atom is 0.241 e. The van der Waals surface area contributed by atoms with Crippen LogP contribution < -0.4 is 14.9 Å². The van der Waals surface area contributed by atoms with Crippen LogP contribution in [0, 0.1) is 12.7 Å². The normalized spacial score (nSPS) is 14.6. The lowest BCUT2D eigenvalue weighted by atomic mass is 10.1. The molecule has 8 heteroatoms. The van der Waals surface area contributed by atoms with Gasteiger partial charge >= 0.3 is 0 Å². The van der Waals surface area contributed by atoms with Gasteiger partial charge in [0.2, 0.25) is 15.9 Å². The largest absolute Gasteiger partial charge is 0.372 e. The zero-order valence-electron chi connectivity index (χ0n) is 15.7. The maximum atomic E-state index is 13.8. The van der Waals surface area contributed by atoms with Gasteiger partial charge in [0.1, 0.15) is 11.6 Å². The molecule has 0 atom stereocenters. The van der Waals surface area contributed by atoms with Crippen molar-refractivity contribution in [3.63, 3.8) is 0 Å². The van der Waals surface area contributed by atoms with Crippen molar-refractivity contribution in [1.29, 1.82) is 0 Å². The van der Waals surface area contributed by atoms with Crippen LogP contribution in [0.15, 0.2) is 42.5 Å². The lowest BCUT2D eigenvalue weighted by molar-refractivity contribution is -0.113. The second-order valence-electron chi connectivity index (χ2n) is 6.99. The van der Waals surface area contributed by atoms with Gasteiger partial charge in [-0.2, -0.15) is 0 Å². The summed E-state index contributed by atoms with van der Waals surface area (Å²) in [5.74, 6) is -2.21. The van der Waals surface area contributed by atoms with Crippen molar-refractivity contribution in [3.8, 4) is 0 Å². The summed E-state index contributed by atoms with van der Waals surface area (Å²) < 4.78 is 40.7. The number of amides is 1. The molecule has 2 aromatic carbocycles. The van der Waals surface area contributed by atoms with Gasteiger partial charge in [-0.05, 0) is 68.1 Å². The Morgan fingerprint density at radius 1 is 1.07 bits per heavy atom. The number of hydrogen-bond acceptors (Lipinski definition) is 4. The van der Waals surface area contributed by atoms with Crippen molar-refractivity contribution >= 4 is 33.0 Å². The Morgan fingerprint density at radius 3 is 2.39 bits per heavy atom. The lowest BCUT2D eigenvalue weighted by Gasteiger charge is -2.28. The van der Waals surface area contributed by atoms with Crippen molar-refractivity contribution in [1.82, 2.24) is 0 Å². The molecule has 6 nitrogen and oxygen atoms in total. The number of carbonyl (C=O) groups is 1. The number of sulfonamides is 1. The van der Waals surface area contributed by atoms with E-state index in [0.29, 0.717) is 11.3 Å². The van der Waals surface area contributed by atoms with E-state index in [4.69, 9.17) is 0 Å². The minimum Gasteiger partial charge on any atom is -0.372 e. The van der Waals surface area contributed by atoms with Gasteiger partial charge in [0.05, 0.1) is 5.69 Å². The van der Waals surface area contributed by atoms with Crippen LogP contribution in [0.4, 0.5) is 21.5 Å². The van der Waals surface area contributed by atoms with Gasteiger partial charge in [-0.15, -0.1) is 0 Å². The van der Waals surface area contributed by atoms with Crippen molar-refractivity contribution in [2.24, 2.45) is 0 Å². The number of rotatable bonds is 6. The zero-order chi connectivity index (χ0) is 20.1. The van der Waals surface area contributed by atoms with E-state index in [1.165, 1.54) is 18.6 Å². The molecule has 0 radical (unpaired) electrons. The van der Waals surface area contributed by atoms with Gasteiger partial charge in [0.15, 0.2) is 0 Å². The molecular formula is C20H24FN3O3S. The number of aryl methyl sites for hydroxylation is 1. The number of halogens is 1. The summed E-state index contributed by atoms with van der Waals surface area (Å²) >= 11 is 0. The highest BCUT2D eigenvalue weighted by atomic mass is 32.2. The maximum absolute atomic E-state index is 13.8. The van der Waals surface area contributed by atoms with Crippen LogP contribution in [0.2, 0.25) is 0 Å². The third kappa shape index (κ3) is 5.45. The van der Waals surface area contributed by atoms with Crippen molar-refractivity contribution in [3.05, 3.63) is 53.8 Å². The van der Waals surface area contributed by atoms with Gasteiger partial charge in [-0.25, -0.2) is 12.8 Å². The fraction of sp³-hybridized carbons (Fsp3) is 0.350. The molecule has 28 heavy (non-hydrogen) atoms. The summed E-state index contributed by atoms with van der Waals surface area (Å²) in [6.07, 6.45) is 3.55. The molecule has 1 saturated heterocycles. The van der Waals surface area contributed by atoms with E-state index < -0.39 is 27.5 Å². The van der Waals surface area contributed by atoms with E-state index in [2.05, 4.69) is 14.9 Å². The third-order valence-electron chi connectivity index (χ3n) is 4.58. The standard InChI is InChI=1S/C20H24FN3O3S/c1-15-5-10-19(18(21)13-15)22-20(25)14-28(26,27)23-16-6-8-17(9-7-16)24-11-3-2-4-12-24/h5-10,13,23H,2-4,11-12,14H2,1H3,(H,22,25). The monoisotopic (exact) mass is 405 g/mol. The number of benzene rings is 2. The first-order chi connectivity index (χ1) is 13.3. The summed E-state index contributed by atoms with van der Waals surface area (Å²) in [5, 5.41) is 2.29. The number of piperidine rings is 1. The van der Waals surface area contributed by atoms with E-state index >= 15 is 0 Å². The molecule has 3 rings (SSSR count). The Labute approximate surface area is 164 Å². The predicted molar refractivity (Wildman–Crippen MR) is 110 cm³/mol. The number of nitrogens with zero attached hydrogens (tertiary/aromatic N) is 1. The van der Waals surface area contributed by atoms with E-state index in [1.54, 1.807) is 25.1 Å². The van der Waals surface area contributed by atoms with Crippen LogP contribution in [-0.2, 0) is 14.8 Å². The summed E-state index contributed by atoms with van der Waals surface area (Å²) in [4.78, 5) is 14.3. The van der Waals surface area contributed by atoms with Crippen molar-refractivity contribution in [2.75, 3.05) is 33.8 Å². The summed E-state index contributed by atoms with van der Waals surface area (Å²) in [7, 11) is -3.91. The van der Waals surface area contributed by atoms with Gasteiger partial charge in [0, 0.05) is 24.5 Å². The first-order valence-electron chi connectivity index (χ1n) is 9.24. The molecule has 1 amide bonds. The molecule has 2 N–H and O–H groups in total. The van der Waals surface area contributed by atoms with Crippen LogP contribution in [0.5, 0.6) is 0 Å². The Hall–Kier alpha value is -2.61. The highest BCUT2D eigenvalue weighted by molar-refractivity contribution is 7.93. The fourth-order valence-electron chi connectivity index (χ4n) is 3.19. The molecule has 1 heterocycles. The SMILES string of the molecule is Cc1ccc(NC(=O)CS(=O)(=O)Nc2ccc(N3CCCCC3)cc2)c(F)c1. The fourth-order valence-corrected chi connectivity index (χ4v) is 4.17. The number of anilines is 3. The molecule has 150 valence electrons. The minimum absolute atomic E-state index is 0.0447. The molecule has 1 fully saturated rings. The molecule has 0 saturated carbocycles. The summed E-state index contributed by atoms with van der Waals surface area (Å²) in [5.41, 5.74) is 2.10. The quantitative estimate of drug-likeness (QED) is 0.771. The number of hydrogen-bond donors (Lipinski definition) is 2. The molecule has 0 bridgehead atoms. The summed E-state index contributed by atoms with van der Waals surface area (Å²) in [6, 6.07) is 11.4. The van der Waals surface area contributed by atoms with Gasteiger partial charge in [-0.3, -0.25) is 9.52 Å². The minimum atomic E-state index is -3.91. The van der Waals surface area contributed by atoms with Crippen LogP contribution in [0.3, 0.4) is 0 Å². The average molecular weight is 405 g/mol. The zero-order valence-corrected chi connectivity index (χ0v) is 16.6. The second kappa shape index (κ2) is 8.60. The van der Waals surface area contributed by atoms with Crippen LogP contribution in [0.25, 0.3) is 0 Å². The Bertz CT molecular complexity index is 940. The lowest BCUT2D eigenvalue weighted by Crippen LogP contribution is -2.29. The molecule has 1 aliphatic heterocycles. The van der Waals surface area contributed by atoms with Crippen molar-refractivity contribution in [2.45, 2.75) is 26.2 Å². The molecule has 0 spiro atoms. The second-order valence-corrected chi connectivity index (χ2v) is 8.71. The van der Waals surface area contributed by atoms with Crippen LogP contribution in [-0.4, -0.2) is 33.2 Å². The molecule has 1 aliphatic rings. The Kier molecular flexibility index (Phi) is 6.18. The van der Waals surface area contributed by atoms with Crippen molar-refractivity contribution < 1.29 is 17.6 Å². The van der Waals surface area contributed by atoms with E-state index in [-0.39, 0.29) is 5.69 Å². The Balaban J connectivity index is 1.59. The van der Waals surface area contributed by atoms with E-state index in [0.717, 1.165) is 31.6 Å². The molecule has 0 unspecified atom stereocenters. The summed E-state index contributed by atoms with van der Waals surface area (Å²) in [6.45, 7) is 3.72. The molecule has 2 aromatic rings. The number of nitrogens with one attached hydrogen (secondary N) is 2. The van der Waals surface area contributed by atoms with Crippen LogP contribution in [0.1, 0.15) is 24.8 Å². The predicted octanol–water partition coefficient (Wildman–Crippen LogP) is 3.50. The topological polar surface area (TPSA) is 78.5 Å². The van der Waals surface area contributed by atoms with Crippen LogP contribution >= 0.6 is 0 Å². The van der Waals surface area contributed by atoms with Gasteiger partial charge < -0.3 is 10.2 Å². The smallest absolute Gasteiger partial charge is 0.241 e. The first-order valence-corrected chi connectivity index (χ1v) is 10.9. The number of carbonyl (C=O) groups excluding carboxylic acids is 1. The van der Waals surface area contributed by atoms with Gasteiger partial charge in [0.25, 0.3) is 0 Å². The third-order valence-corrected chi connectivity index (χ3v) is 5.77. The van der Waals surface area contributed by atoms with Gasteiger partial charge in [-0.1, -0.05) is 6.07 Å². The van der Waals surface area contributed by atoms with E-state index in [1.807, 2.05) is 12.1 Å².